The average molecular weight is 327 g/mol. The highest BCUT2D eigenvalue weighted by Gasteiger charge is 2.15. The summed E-state index contributed by atoms with van der Waals surface area (Å²) in [7, 11) is 4.84. The van der Waals surface area contributed by atoms with Gasteiger partial charge in [-0.3, -0.25) is 14.6 Å². The number of hydrogen-bond donors (Lipinski definition) is 1. The molecule has 0 atom stereocenters. The SMILES string of the molecule is COc1ccc(NC(=O)CCc2cccnc2)cc1C(=O)N(C)C. The van der Waals surface area contributed by atoms with Crippen molar-refractivity contribution in [3.05, 3.63) is 53.9 Å². The molecule has 1 heterocycles. The maximum absolute atomic E-state index is 12.2. The van der Waals surface area contributed by atoms with Crippen LogP contribution in [0.3, 0.4) is 0 Å². The summed E-state index contributed by atoms with van der Waals surface area (Å²) in [5.41, 5.74) is 1.98. The lowest BCUT2D eigenvalue weighted by Gasteiger charge is -2.15. The number of aromatic nitrogens is 1. The topological polar surface area (TPSA) is 71.5 Å². The number of anilines is 1. The van der Waals surface area contributed by atoms with E-state index in [1.807, 2.05) is 12.1 Å². The van der Waals surface area contributed by atoms with E-state index in [4.69, 9.17) is 4.74 Å². The van der Waals surface area contributed by atoms with Gasteiger partial charge in [0.25, 0.3) is 5.91 Å². The van der Waals surface area contributed by atoms with Crippen molar-refractivity contribution in [3.63, 3.8) is 0 Å². The molecule has 2 rings (SSSR count). The number of pyridine rings is 1. The lowest BCUT2D eigenvalue weighted by Crippen LogP contribution is -2.22. The zero-order valence-electron chi connectivity index (χ0n) is 14.1. The molecule has 2 amide bonds. The molecule has 1 N–H and O–H groups in total. The second kappa shape index (κ2) is 8.10. The first kappa shape index (κ1) is 17.5. The molecular formula is C18H21N3O3. The standard InChI is InChI=1S/C18H21N3O3/c1-21(2)18(23)15-11-14(7-8-16(15)24-3)20-17(22)9-6-13-5-4-10-19-12-13/h4-5,7-8,10-12H,6,9H2,1-3H3,(H,20,22). The van der Waals surface area contributed by atoms with Gasteiger partial charge >= 0.3 is 0 Å². The Bertz CT molecular complexity index is 715. The van der Waals surface area contributed by atoms with E-state index >= 15 is 0 Å². The molecule has 0 aliphatic heterocycles. The highest BCUT2D eigenvalue weighted by atomic mass is 16.5. The fraction of sp³-hybridized carbons (Fsp3) is 0.278. The van der Waals surface area contributed by atoms with Gasteiger partial charge < -0.3 is 15.0 Å². The molecule has 6 nitrogen and oxygen atoms in total. The number of nitrogens with zero attached hydrogens (tertiary/aromatic N) is 2. The molecule has 0 fully saturated rings. The van der Waals surface area contributed by atoms with Gasteiger partial charge in [0.2, 0.25) is 5.91 Å². The van der Waals surface area contributed by atoms with E-state index in [-0.39, 0.29) is 11.8 Å². The van der Waals surface area contributed by atoms with Crippen LogP contribution in [0.5, 0.6) is 5.75 Å². The minimum atomic E-state index is -0.182. The van der Waals surface area contributed by atoms with E-state index in [1.165, 1.54) is 12.0 Å². The van der Waals surface area contributed by atoms with Crippen LogP contribution in [-0.2, 0) is 11.2 Å². The zero-order valence-corrected chi connectivity index (χ0v) is 14.1. The third-order valence-corrected chi connectivity index (χ3v) is 3.48. The number of rotatable bonds is 6. The van der Waals surface area contributed by atoms with Crippen LogP contribution < -0.4 is 10.1 Å². The Morgan fingerprint density at radius 2 is 2.04 bits per heavy atom. The quantitative estimate of drug-likeness (QED) is 0.884. The van der Waals surface area contributed by atoms with Gasteiger partial charge in [0.05, 0.1) is 12.7 Å². The first-order valence-electron chi connectivity index (χ1n) is 7.59. The highest BCUT2D eigenvalue weighted by Crippen LogP contribution is 2.24. The molecule has 0 saturated carbocycles. The Morgan fingerprint density at radius 3 is 2.67 bits per heavy atom. The molecule has 0 radical (unpaired) electrons. The van der Waals surface area contributed by atoms with Gasteiger partial charge in [-0.2, -0.15) is 0 Å². The summed E-state index contributed by atoms with van der Waals surface area (Å²) < 4.78 is 5.21. The number of nitrogens with one attached hydrogen (secondary N) is 1. The van der Waals surface area contributed by atoms with E-state index in [2.05, 4.69) is 10.3 Å². The molecule has 0 aliphatic rings. The number of aryl methyl sites for hydroxylation is 1. The van der Waals surface area contributed by atoms with Crippen molar-refractivity contribution in [3.8, 4) is 5.75 Å². The predicted molar refractivity (Wildman–Crippen MR) is 92.2 cm³/mol. The summed E-state index contributed by atoms with van der Waals surface area (Å²) in [4.78, 5) is 29.8. The molecule has 6 heteroatoms. The van der Waals surface area contributed by atoms with Gasteiger partial charge in [0, 0.05) is 38.6 Å². The van der Waals surface area contributed by atoms with E-state index in [0.717, 1.165) is 5.56 Å². The van der Waals surface area contributed by atoms with Gasteiger partial charge in [0.15, 0.2) is 0 Å². The summed E-state index contributed by atoms with van der Waals surface area (Å²) in [6.45, 7) is 0. The monoisotopic (exact) mass is 327 g/mol. The van der Waals surface area contributed by atoms with Crippen LogP contribution in [0.15, 0.2) is 42.7 Å². The molecule has 1 aromatic carbocycles. The van der Waals surface area contributed by atoms with Crippen LogP contribution in [0.25, 0.3) is 0 Å². The largest absolute Gasteiger partial charge is 0.496 e. The minimum absolute atomic E-state index is 0.118. The zero-order chi connectivity index (χ0) is 17.5. The van der Waals surface area contributed by atoms with E-state index in [9.17, 15) is 9.59 Å². The van der Waals surface area contributed by atoms with Gasteiger partial charge in [-0.25, -0.2) is 0 Å². The van der Waals surface area contributed by atoms with Crippen LogP contribution in [0, 0.1) is 0 Å². The van der Waals surface area contributed by atoms with Gasteiger partial charge in [0.1, 0.15) is 5.75 Å². The maximum atomic E-state index is 12.2. The Labute approximate surface area is 141 Å². The third-order valence-electron chi connectivity index (χ3n) is 3.48. The number of benzene rings is 1. The number of hydrogen-bond acceptors (Lipinski definition) is 4. The van der Waals surface area contributed by atoms with Gasteiger partial charge in [-0.05, 0) is 36.2 Å². The average Bonchev–Trinajstić information content (AvgIpc) is 2.60. The van der Waals surface area contributed by atoms with Crippen molar-refractivity contribution in [2.75, 3.05) is 26.5 Å². The molecule has 0 saturated heterocycles. The van der Waals surface area contributed by atoms with Crippen LogP contribution >= 0.6 is 0 Å². The number of methoxy groups -OCH3 is 1. The van der Waals surface area contributed by atoms with Crippen molar-refractivity contribution >= 4 is 17.5 Å². The van der Waals surface area contributed by atoms with Crippen LogP contribution in [-0.4, -0.2) is 42.9 Å². The van der Waals surface area contributed by atoms with Gasteiger partial charge in [-0.1, -0.05) is 6.07 Å². The summed E-state index contributed by atoms with van der Waals surface area (Å²) in [5, 5.41) is 2.81. The lowest BCUT2D eigenvalue weighted by molar-refractivity contribution is -0.116. The van der Waals surface area contributed by atoms with Crippen LogP contribution in [0.1, 0.15) is 22.3 Å². The van der Waals surface area contributed by atoms with E-state index in [1.54, 1.807) is 44.7 Å². The molecule has 2 aromatic rings. The summed E-state index contributed by atoms with van der Waals surface area (Å²) in [6.07, 6.45) is 4.40. The maximum Gasteiger partial charge on any atom is 0.257 e. The van der Waals surface area contributed by atoms with Crippen molar-refractivity contribution in [1.82, 2.24) is 9.88 Å². The molecule has 0 bridgehead atoms. The minimum Gasteiger partial charge on any atom is -0.496 e. The number of amides is 2. The Kier molecular flexibility index (Phi) is 5.89. The second-order valence-electron chi connectivity index (χ2n) is 5.52. The Hall–Kier alpha value is -2.89. The Morgan fingerprint density at radius 1 is 1.25 bits per heavy atom. The second-order valence-corrected chi connectivity index (χ2v) is 5.52. The fourth-order valence-corrected chi connectivity index (χ4v) is 2.22. The van der Waals surface area contributed by atoms with E-state index < -0.39 is 0 Å². The molecule has 0 unspecified atom stereocenters. The molecular weight excluding hydrogens is 306 g/mol. The number of carbonyl (C=O) groups is 2. The van der Waals surface area contributed by atoms with Crippen molar-refractivity contribution < 1.29 is 14.3 Å². The van der Waals surface area contributed by atoms with Crippen LogP contribution in [0.2, 0.25) is 0 Å². The number of ether oxygens (including phenoxy) is 1. The van der Waals surface area contributed by atoms with E-state index in [0.29, 0.717) is 29.8 Å². The molecule has 126 valence electrons. The number of carbonyl (C=O) groups excluding carboxylic acids is 2. The summed E-state index contributed by atoms with van der Waals surface area (Å²) >= 11 is 0. The first-order valence-corrected chi connectivity index (χ1v) is 7.59. The normalized spacial score (nSPS) is 10.1. The molecule has 0 spiro atoms. The predicted octanol–water partition coefficient (Wildman–Crippen LogP) is 2.36. The van der Waals surface area contributed by atoms with Crippen molar-refractivity contribution in [2.45, 2.75) is 12.8 Å². The smallest absolute Gasteiger partial charge is 0.257 e. The fourth-order valence-electron chi connectivity index (χ4n) is 2.22. The van der Waals surface area contributed by atoms with Crippen molar-refractivity contribution in [1.29, 1.82) is 0 Å². The summed E-state index contributed by atoms with van der Waals surface area (Å²) in [5.74, 6) is 0.174. The van der Waals surface area contributed by atoms with Crippen LogP contribution in [0.4, 0.5) is 5.69 Å². The van der Waals surface area contributed by atoms with Gasteiger partial charge in [-0.15, -0.1) is 0 Å². The summed E-state index contributed by atoms with van der Waals surface area (Å²) in [6, 6.07) is 8.79. The first-order chi connectivity index (χ1) is 11.5. The Balaban J connectivity index is 2.05. The molecule has 24 heavy (non-hydrogen) atoms. The lowest BCUT2D eigenvalue weighted by atomic mass is 10.1. The van der Waals surface area contributed by atoms with Crippen molar-refractivity contribution in [2.24, 2.45) is 0 Å². The molecule has 0 aliphatic carbocycles. The molecule has 1 aromatic heterocycles. The third kappa shape index (κ3) is 4.55. The highest BCUT2D eigenvalue weighted by molar-refractivity contribution is 5.99.